The van der Waals surface area contributed by atoms with Gasteiger partial charge in [-0.2, -0.15) is 0 Å². The molecular formula is C8H6ClI3. The lowest BCUT2D eigenvalue weighted by Crippen LogP contribution is -1.95. The highest BCUT2D eigenvalue weighted by Gasteiger charge is 2.12. The second-order valence-electron chi connectivity index (χ2n) is 2.51. The molecule has 0 amide bonds. The molecule has 0 aromatic heterocycles. The van der Waals surface area contributed by atoms with E-state index in [9.17, 15) is 0 Å². The number of halogens is 4. The molecule has 1 rings (SSSR count). The van der Waals surface area contributed by atoms with E-state index in [1.165, 1.54) is 21.8 Å². The first kappa shape index (κ1) is 11.8. The van der Waals surface area contributed by atoms with Crippen molar-refractivity contribution in [2.75, 3.05) is 0 Å². The van der Waals surface area contributed by atoms with Crippen LogP contribution in [-0.4, -0.2) is 0 Å². The zero-order chi connectivity index (χ0) is 9.46. The zero-order valence-corrected chi connectivity index (χ0v) is 13.7. The Labute approximate surface area is 118 Å². The van der Waals surface area contributed by atoms with Gasteiger partial charge in [0, 0.05) is 10.7 Å². The molecule has 0 saturated carbocycles. The smallest absolute Gasteiger partial charge is 0.0678 e. The summed E-state index contributed by atoms with van der Waals surface area (Å²) in [5.41, 5.74) is 2.58. The standard InChI is InChI=1S/C8H6ClI3/c1-3-6(10)4(2)8(12)5(9)7(3)11/h1-2H3. The van der Waals surface area contributed by atoms with Crippen molar-refractivity contribution in [3.05, 3.63) is 26.9 Å². The van der Waals surface area contributed by atoms with E-state index in [4.69, 9.17) is 11.6 Å². The van der Waals surface area contributed by atoms with Crippen molar-refractivity contribution < 1.29 is 0 Å². The molecular weight excluding hydrogens is 512 g/mol. The lowest BCUT2D eigenvalue weighted by Gasteiger charge is -2.10. The molecule has 0 unspecified atom stereocenters. The van der Waals surface area contributed by atoms with Crippen LogP contribution >= 0.6 is 79.4 Å². The van der Waals surface area contributed by atoms with E-state index in [1.807, 2.05) is 0 Å². The molecule has 0 heterocycles. The van der Waals surface area contributed by atoms with Crippen molar-refractivity contribution >= 4 is 79.4 Å². The van der Waals surface area contributed by atoms with Gasteiger partial charge in [0.25, 0.3) is 0 Å². The first-order valence-corrected chi connectivity index (χ1v) is 6.87. The van der Waals surface area contributed by atoms with Crippen molar-refractivity contribution in [3.8, 4) is 0 Å². The summed E-state index contributed by atoms with van der Waals surface area (Å²) in [5.74, 6) is 0. The largest absolute Gasteiger partial charge is 0.0820 e. The van der Waals surface area contributed by atoms with Crippen LogP contribution in [-0.2, 0) is 0 Å². The third-order valence-electron chi connectivity index (χ3n) is 1.70. The van der Waals surface area contributed by atoms with Gasteiger partial charge in [-0.1, -0.05) is 11.6 Å². The van der Waals surface area contributed by atoms with Crippen molar-refractivity contribution in [2.24, 2.45) is 0 Å². The molecule has 0 bridgehead atoms. The van der Waals surface area contributed by atoms with Crippen LogP contribution in [0.3, 0.4) is 0 Å². The van der Waals surface area contributed by atoms with Crippen LogP contribution in [0.5, 0.6) is 0 Å². The molecule has 1 aromatic carbocycles. The number of benzene rings is 1. The Morgan fingerprint density at radius 2 is 1.17 bits per heavy atom. The third kappa shape index (κ3) is 2.03. The van der Waals surface area contributed by atoms with E-state index in [0.29, 0.717) is 0 Å². The van der Waals surface area contributed by atoms with E-state index < -0.39 is 0 Å². The maximum atomic E-state index is 6.14. The van der Waals surface area contributed by atoms with Crippen LogP contribution in [0.4, 0.5) is 0 Å². The Bertz CT molecular complexity index is 229. The summed E-state index contributed by atoms with van der Waals surface area (Å²) >= 11 is 13.1. The molecule has 0 atom stereocenters. The van der Waals surface area contributed by atoms with Crippen LogP contribution in [0, 0.1) is 24.6 Å². The second kappa shape index (κ2) is 4.48. The Kier molecular flexibility index (Phi) is 4.39. The molecule has 12 heavy (non-hydrogen) atoms. The monoisotopic (exact) mass is 518 g/mol. The first-order valence-electron chi connectivity index (χ1n) is 3.26. The molecule has 0 saturated heterocycles. The normalized spacial score (nSPS) is 10.5. The van der Waals surface area contributed by atoms with Crippen LogP contribution in [0.15, 0.2) is 0 Å². The Balaban J connectivity index is 3.60. The molecule has 0 aliphatic carbocycles. The van der Waals surface area contributed by atoms with Gasteiger partial charge >= 0.3 is 0 Å². The van der Waals surface area contributed by atoms with Crippen LogP contribution in [0.1, 0.15) is 11.1 Å². The van der Waals surface area contributed by atoms with Crippen molar-refractivity contribution in [3.63, 3.8) is 0 Å². The number of rotatable bonds is 0. The highest BCUT2D eigenvalue weighted by atomic mass is 127. The fourth-order valence-corrected chi connectivity index (χ4v) is 4.35. The summed E-state index contributed by atoms with van der Waals surface area (Å²) in [5, 5.41) is 0.895. The molecule has 0 nitrogen and oxygen atoms in total. The van der Waals surface area contributed by atoms with E-state index in [0.717, 1.165) is 5.02 Å². The summed E-state index contributed by atoms with van der Waals surface area (Å²) in [7, 11) is 0. The van der Waals surface area contributed by atoms with Gasteiger partial charge in [0.15, 0.2) is 0 Å². The predicted molar refractivity (Wildman–Crippen MR) is 79.1 cm³/mol. The van der Waals surface area contributed by atoms with Gasteiger partial charge < -0.3 is 0 Å². The maximum absolute atomic E-state index is 6.14. The highest BCUT2D eigenvalue weighted by molar-refractivity contribution is 14.1. The van der Waals surface area contributed by atoms with E-state index in [1.54, 1.807) is 0 Å². The molecule has 0 radical (unpaired) electrons. The van der Waals surface area contributed by atoms with E-state index >= 15 is 0 Å². The zero-order valence-electron chi connectivity index (χ0n) is 6.51. The minimum Gasteiger partial charge on any atom is -0.0820 e. The molecule has 0 N–H and O–H groups in total. The van der Waals surface area contributed by atoms with Crippen LogP contribution < -0.4 is 0 Å². The maximum Gasteiger partial charge on any atom is 0.0678 e. The summed E-state index contributed by atoms with van der Waals surface area (Å²) in [6.45, 7) is 4.22. The Morgan fingerprint density at radius 1 is 0.833 bits per heavy atom. The number of hydrogen-bond acceptors (Lipinski definition) is 0. The van der Waals surface area contributed by atoms with E-state index in [2.05, 4.69) is 81.6 Å². The lowest BCUT2D eigenvalue weighted by molar-refractivity contribution is 1.29. The highest BCUT2D eigenvalue weighted by Crippen LogP contribution is 2.33. The van der Waals surface area contributed by atoms with Crippen molar-refractivity contribution in [2.45, 2.75) is 13.8 Å². The van der Waals surface area contributed by atoms with Crippen molar-refractivity contribution in [1.82, 2.24) is 0 Å². The SMILES string of the molecule is Cc1c(I)c(C)c(I)c(Cl)c1I. The van der Waals surface area contributed by atoms with Crippen molar-refractivity contribution in [1.29, 1.82) is 0 Å². The van der Waals surface area contributed by atoms with Gasteiger partial charge in [0.2, 0.25) is 0 Å². The lowest BCUT2D eigenvalue weighted by atomic mass is 10.2. The van der Waals surface area contributed by atoms with Gasteiger partial charge in [0.05, 0.1) is 5.02 Å². The topological polar surface area (TPSA) is 0 Å². The average molecular weight is 518 g/mol. The second-order valence-corrected chi connectivity index (χ2v) is 6.12. The molecule has 4 heteroatoms. The fraction of sp³-hybridized carbons (Fsp3) is 0.250. The van der Waals surface area contributed by atoms with Gasteiger partial charge in [0.1, 0.15) is 0 Å². The van der Waals surface area contributed by atoms with Gasteiger partial charge in [-0.15, -0.1) is 0 Å². The quantitative estimate of drug-likeness (QED) is 0.264. The molecule has 66 valence electrons. The Hall–Kier alpha value is 1.70. The first-order chi connectivity index (χ1) is 5.46. The minimum absolute atomic E-state index is 0.895. The Morgan fingerprint density at radius 3 is 1.50 bits per heavy atom. The molecule has 0 spiro atoms. The predicted octanol–water partition coefficient (Wildman–Crippen LogP) is 4.77. The molecule has 1 aromatic rings. The summed E-state index contributed by atoms with van der Waals surface area (Å²) < 4.78 is 3.67. The third-order valence-corrected chi connectivity index (χ3v) is 7.03. The minimum atomic E-state index is 0.895. The molecule has 0 aliphatic heterocycles. The van der Waals surface area contributed by atoms with Gasteiger partial charge in [-0.25, -0.2) is 0 Å². The molecule has 0 fully saturated rings. The van der Waals surface area contributed by atoms with Gasteiger partial charge in [-0.3, -0.25) is 0 Å². The average Bonchev–Trinajstić information content (AvgIpc) is 2.08. The van der Waals surface area contributed by atoms with Gasteiger partial charge in [-0.05, 0) is 92.7 Å². The summed E-state index contributed by atoms with van der Waals surface area (Å²) in [4.78, 5) is 0. The number of hydrogen-bond donors (Lipinski definition) is 0. The summed E-state index contributed by atoms with van der Waals surface area (Å²) in [6, 6.07) is 0. The molecule has 0 aliphatic rings. The van der Waals surface area contributed by atoms with E-state index in [-0.39, 0.29) is 0 Å². The fourth-order valence-electron chi connectivity index (χ4n) is 0.900. The summed E-state index contributed by atoms with van der Waals surface area (Å²) in [6.07, 6.45) is 0. The van der Waals surface area contributed by atoms with Crippen LogP contribution in [0.2, 0.25) is 5.02 Å². The van der Waals surface area contributed by atoms with Crippen LogP contribution in [0.25, 0.3) is 0 Å².